The van der Waals surface area contributed by atoms with E-state index in [1.54, 1.807) is 23.0 Å². The quantitative estimate of drug-likeness (QED) is 0.751. The summed E-state index contributed by atoms with van der Waals surface area (Å²) in [7, 11) is -2.15. The van der Waals surface area contributed by atoms with Gasteiger partial charge in [-0.2, -0.15) is 4.80 Å². The predicted octanol–water partition coefficient (Wildman–Crippen LogP) is 2.65. The van der Waals surface area contributed by atoms with Gasteiger partial charge in [0.1, 0.15) is 0 Å². The van der Waals surface area contributed by atoms with Crippen LogP contribution in [-0.4, -0.2) is 41.7 Å². The summed E-state index contributed by atoms with van der Waals surface area (Å²) in [6.45, 7) is 4.82. The average molecular weight is 393 g/mol. The van der Waals surface area contributed by atoms with E-state index in [4.69, 9.17) is 0 Å². The lowest BCUT2D eigenvalue weighted by atomic mass is 9.95. The second-order valence-corrected chi connectivity index (χ2v) is 9.34. The highest BCUT2D eigenvalue weighted by atomic mass is 32.2. The zero-order valence-electron chi connectivity index (χ0n) is 16.1. The normalized spacial score (nSPS) is 16.0. The lowest BCUT2D eigenvalue weighted by Gasteiger charge is -2.25. The van der Waals surface area contributed by atoms with Crippen LogP contribution in [0.5, 0.6) is 0 Å². The Morgan fingerprint density at radius 3 is 2.63 bits per heavy atom. The van der Waals surface area contributed by atoms with Crippen molar-refractivity contribution in [2.45, 2.75) is 63.4 Å². The van der Waals surface area contributed by atoms with Crippen LogP contribution in [0.15, 0.2) is 23.1 Å². The monoisotopic (exact) mass is 392 g/mol. The Labute approximate surface area is 160 Å². The van der Waals surface area contributed by atoms with Crippen molar-refractivity contribution in [3.8, 4) is 11.4 Å². The van der Waals surface area contributed by atoms with Gasteiger partial charge in [-0.15, -0.1) is 10.2 Å². The van der Waals surface area contributed by atoms with E-state index in [0.717, 1.165) is 18.5 Å². The molecule has 0 aliphatic heterocycles. The van der Waals surface area contributed by atoms with Gasteiger partial charge in [-0.1, -0.05) is 33.1 Å². The van der Waals surface area contributed by atoms with Gasteiger partial charge in [-0.25, -0.2) is 13.1 Å². The van der Waals surface area contributed by atoms with Gasteiger partial charge in [0.05, 0.1) is 11.4 Å². The van der Waals surface area contributed by atoms with E-state index < -0.39 is 10.0 Å². The molecule has 9 heteroatoms. The summed E-state index contributed by atoms with van der Waals surface area (Å²) in [5.74, 6) is 0.824. The fraction of sp³-hybridized carbons (Fsp3) is 0.611. The zero-order chi connectivity index (χ0) is 19.4. The summed E-state index contributed by atoms with van der Waals surface area (Å²) in [5.41, 5.74) is 1.51. The molecule has 0 radical (unpaired) electrons. The van der Waals surface area contributed by atoms with E-state index in [0.29, 0.717) is 29.9 Å². The van der Waals surface area contributed by atoms with Gasteiger partial charge in [-0.3, -0.25) is 0 Å². The molecule has 1 aromatic heterocycles. The number of hydrogen-bond acceptors (Lipinski definition) is 6. The number of aromatic nitrogens is 4. The molecule has 1 fully saturated rings. The number of tetrazole rings is 1. The number of nitrogens with one attached hydrogen (secondary N) is 2. The maximum Gasteiger partial charge on any atom is 0.240 e. The van der Waals surface area contributed by atoms with Crippen LogP contribution in [0, 0.1) is 5.92 Å². The molecule has 0 unspecified atom stereocenters. The van der Waals surface area contributed by atoms with Crippen LogP contribution in [0.4, 0.5) is 5.69 Å². The summed E-state index contributed by atoms with van der Waals surface area (Å²) < 4.78 is 26.8. The number of rotatable bonds is 7. The Morgan fingerprint density at radius 1 is 1.22 bits per heavy atom. The number of benzene rings is 1. The first kappa shape index (κ1) is 19.8. The second-order valence-electron chi connectivity index (χ2n) is 7.46. The molecule has 1 aliphatic carbocycles. The summed E-state index contributed by atoms with van der Waals surface area (Å²) in [6.07, 6.45) is 5.92. The van der Waals surface area contributed by atoms with Crippen LogP contribution < -0.4 is 10.0 Å². The van der Waals surface area contributed by atoms with Gasteiger partial charge in [0, 0.05) is 17.3 Å². The molecular formula is C18H28N6O2S. The molecule has 8 nitrogen and oxygen atoms in total. The Hall–Kier alpha value is -2.00. The largest absolute Gasteiger partial charge is 0.382 e. The molecule has 1 saturated carbocycles. The average Bonchev–Trinajstić information content (AvgIpc) is 3.10. The number of nitrogens with zero attached hydrogens (tertiary/aromatic N) is 4. The van der Waals surface area contributed by atoms with Gasteiger partial charge in [0.2, 0.25) is 15.8 Å². The fourth-order valence-electron chi connectivity index (χ4n) is 3.34. The minimum absolute atomic E-state index is 0.189. The Balaban J connectivity index is 1.98. The highest BCUT2D eigenvalue weighted by Crippen LogP contribution is 2.31. The minimum Gasteiger partial charge on any atom is -0.382 e. The lowest BCUT2D eigenvalue weighted by Crippen LogP contribution is -2.23. The van der Waals surface area contributed by atoms with Gasteiger partial charge in [-0.05, 0) is 49.2 Å². The van der Waals surface area contributed by atoms with Crippen LogP contribution in [0.1, 0.15) is 46.0 Å². The molecule has 1 aliphatic rings. The lowest BCUT2D eigenvalue weighted by molar-refractivity contribution is 0.430. The molecule has 0 spiro atoms. The van der Waals surface area contributed by atoms with Crippen LogP contribution in [-0.2, 0) is 16.6 Å². The minimum atomic E-state index is -3.55. The van der Waals surface area contributed by atoms with Crippen LogP contribution in [0.3, 0.4) is 0 Å². The summed E-state index contributed by atoms with van der Waals surface area (Å²) in [5, 5.41) is 16.3. The van der Waals surface area contributed by atoms with Crippen LogP contribution in [0.25, 0.3) is 11.4 Å². The van der Waals surface area contributed by atoms with Crippen molar-refractivity contribution < 1.29 is 8.42 Å². The van der Waals surface area contributed by atoms with Crippen molar-refractivity contribution in [1.82, 2.24) is 24.9 Å². The van der Waals surface area contributed by atoms with Crippen molar-refractivity contribution in [1.29, 1.82) is 0 Å². The topological polar surface area (TPSA) is 102 Å². The van der Waals surface area contributed by atoms with Gasteiger partial charge < -0.3 is 5.32 Å². The molecule has 27 heavy (non-hydrogen) atoms. The Morgan fingerprint density at radius 2 is 1.96 bits per heavy atom. The Bertz CT molecular complexity index is 872. The zero-order valence-corrected chi connectivity index (χ0v) is 17.0. The number of hydrogen-bond donors (Lipinski definition) is 2. The molecule has 1 aromatic carbocycles. The van der Waals surface area contributed by atoms with Crippen molar-refractivity contribution in [2.24, 2.45) is 5.92 Å². The predicted molar refractivity (Wildman–Crippen MR) is 105 cm³/mol. The van der Waals surface area contributed by atoms with E-state index in [-0.39, 0.29) is 4.90 Å². The smallest absolute Gasteiger partial charge is 0.240 e. The van der Waals surface area contributed by atoms with Crippen molar-refractivity contribution >= 4 is 15.7 Å². The van der Waals surface area contributed by atoms with E-state index in [2.05, 4.69) is 39.3 Å². The third-order valence-corrected chi connectivity index (χ3v) is 6.17. The SMILES string of the molecule is CNS(=O)(=O)c1ccc(NC2CCCCC2)c(-c2nnn(CC(C)C)n2)c1. The number of sulfonamides is 1. The third-order valence-electron chi connectivity index (χ3n) is 4.76. The summed E-state index contributed by atoms with van der Waals surface area (Å²) >= 11 is 0. The highest BCUT2D eigenvalue weighted by molar-refractivity contribution is 7.89. The highest BCUT2D eigenvalue weighted by Gasteiger charge is 2.20. The molecule has 0 saturated heterocycles. The summed E-state index contributed by atoms with van der Waals surface area (Å²) in [6, 6.07) is 5.42. The van der Waals surface area contributed by atoms with Crippen LogP contribution >= 0.6 is 0 Å². The van der Waals surface area contributed by atoms with Crippen molar-refractivity contribution in [2.75, 3.05) is 12.4 Å². The molecule has 2 N–H and O–H groups in total. The Kier molecular flexibility index (Phi) is 6.11. The van der Waals surface area contributed by atoms with E-state index in [1.807, 2.05) is 0 Å². The van der Waals surface area contributed by atoms with Gasteiger partial charge in [0.25, 0.3) is 0 Å². The molecule has 2 aromatic rings. The van der Waals surface area contributed by atoms with E-state index in [1.165, 1.54) is 26.3 Å². The molecule has 0 amide bonds. The van der Waals surface area contributed by atoms with E-state index in [9.17, 15) is 8.42 Å². The molecule has 0 bridgehead atoms. The van der Waals surface area contributed by atoms with Crippen molar-refractivity contribution in [3.63, 3.8) is 0 Å². The summed E-state index contributed by atoms with van der Waals surface area (Å²) in [4.78, 5) is 1.75. The van der Waals surface area contributed by atoms with E-state index >= 15 is 0 Å². The molecule has 0 atom stereocenters. The third kappa shape index (κ3) is 4.84. The standard InChI is InChI=1S/C18H28N6O2S/c1-13(2)12-24-22-18(21-23-24)16-11-15(27(25,26)19-3)9-10-17(16)20-14-7-5-4-6-8-14/h9-11,13-14,19-20H,4-8,12H2,1-3H3. The molecular weight excluding hydrogens is 364 g/mol. The first-order chi connectivity index (χ1) is 12.9. The molecule has 3 rings (SSSR count). The number of anilines is 1. The molecule has 148 valence electrons. The maximum atomic E-state index is 12.2. The maximum absolute atomic E-state index is 12.2. The van der Waals surface area contributed by atoms with Crippen LogP contribution in [0.2, 0.25) is 0 Å². The fourth-order valence-corrected chi connectivity index (χ4v) is 4.10. The van der Waals surface area contributed by atoms with Gasteiger partial charge >= 0.3 is 0 Å². The first-order valence-electron chi connectivity index (χ1n) is 9.51. The first-order valence-corrected chi connectivity index (χ1v) is 11.0. The van der Waals surface area contributed by atoms with Gasteiger partial charge in [0.15, 0.2) is 0 Å². The van der Waals surface area contributed by atoms with Crippen molar-refractivity contribution in [3.05, 3.63) is 18.2 Å². The second kappa shape index (κ2) is 8.35. The molecule has 1 heterocycles.